The predicted molar refractivity (Wildman–Crippen MR) is 108 cm³/mol. The van der Waals surface area contributed by atoms with Gasteiger partial charge in [-0.3, -0.25) is 9.59 Å². The van der Waals surface area contributed by atoms with Crippen LogP contribution in [0.3, 0.4) is 0 Å². The van der Waals surface area contributed by atoms with Crippen LogP contribution in [0.4, 0.5) is 14.5 Å². The van der Waals surface area contributed by atoms with Crippen molar-refractivity contribution >= 4 is 40.9 Å². The molecule has 4 N–H and O–H groups in total. The number of anilines is 1. The van der Waals surface area contributed by atoms with Gasteiger partial charge in [0.2, 0.25) is 11.3 Å². The Hall–Kier alpha value is -2.72. The molecule has 1 saturated carbocycles. The second kappa shape index (κ2) is 8.19. The summed E-state index contributed by atoms with van der Waals surface area (Å²) in [6.07, 6.45) is 3.08. The average molecular weight is 443 g/mol. The molecule has 2 aliphatic rings. The SMILES string of the molecule is Cl.NCC(=O)NC1CCN(c2c(F)cc3c(=O)c(C(=O)O)cn(C4CC4)c3c2F)C1. The first-order chi connectivity index (χ1) is 13.8. The molecule has 1 aliphatic carbocycles. The third-order valence-electron chi connectivity index (χ3n) is 5.41. The summed E-state index contributed by atoms with van der Waals surface area (Å²) in [7, 11) is 0. The molecule has 0 radical (unpaired) electrons. The number of benzene rings is 1. The minimum absolute atomic E-state index is 0. The van der Waals surface area contributed by atoms with Gasteiger partial charge in [0.05, 0.1) is 17.4 Å². The zero-order valence-electron chi connectivity index (χ0n) is 15.9. The van der Waals surface area contributed by atoms with Gasteiger partial charge in [0.1, 0.15) is 17.1 Å². The number of aromatic nitrogens is 1. The number of carboxylic acid groups (broad SMARTS) is 1. The lowest BCUT2D eigenvalue weighted by Gasteiger charge is -2.22. The number of nitrogens with two attached hydrogens (primary N) is 1. The van der Waals surface area contributed by atoms with Crippen LogP contribution in [-0.2, 0) is 4.79 Å². The first kappa shape index (κ1) is 22.0. The second-order valence-corrected chi connectivity index (χ2v) is 7.44. The number of hydrogen-bond donors (Lipinski definition) is 3. The molecule has 1 saturated heterocycles. The van der Waals surface area contributed by atoms with E-state index in [4.69, 9.17) is 5.73 Å². The van der Waals surface area contributed by atoms with Crippen molar-refractivity contribution in [1.29, 1.82) is 0 Å². The van der Waals surface area contributed by atoms with Crippen molar-refractivity contribution in [3.05, 3.63) is 39.7 Å². The third kappa shape index (κ3) is 3.72. The summed E-state index contributed by atoms with van der Waals surface area (Å²) in [5.41, 5.74) is 3.49. The number of aromatic carboxylic acids is 1. The van der Waals surface area contributed by atoms with Gasteiger partial charge >= 0.3 is 5.97 Å². The Labute approximate surface area is 176 Å². The van der Waals surface area contributed by atoms with Crippen molar-refractivity contribution in [3.63, 3.8) is 0 Å². The van der Waals surface area contributed by atoms with Crippen LogP contribution in [0.5, 0.6) is 0 Å². The topological polar surface area (TPSA) is 118 Å². The Balaban J connectivity index is 0.00000256. The molecule has 8 nitrogen and oxygen atoms in total. The molecule has 0 bridgehead atoms. The van der Waals surface area contributed by atoms with E-state index in [0.717, 1.165) is 25.1 Å². The normalized spacial score (nSPS) is 18.4. The smallest absolute Gasteiger partial charge is 0.341 e. The van der Waals surface area contributed by atoms with Crippen molar-refractivity contribution in [2.75, 3.05) is 24.5 Å². The van der Waals surface area contributed by atoms with Gasteiger partial charge in [0.25, 0.3) is 0 Å². The van der Waals surface area contributed by atoms with Crippen LogP contribution in [0.15, 0.2) is 17.1 Å². The lowest BCUT2D eigenvalue weighted by molar-refractivity contribution is -0.120. The fraction of sp³-hybridized carbons (Fsp3) is 0.421. The van der Waals surface area contributed by atoms with Crippen LogP contribution in [0, 0.1) is 11.6 Å². The number of amides is 1. The number of carbonyl (C=O) groups excluding carboxylic acids is 1. The van der Waals surface area contributed by atoms with Crippen molar-refractivity contribution < 1.29 is 23.5 Å². The van der Waals surface area contributed by atoms with Gasteiger partial charge in [0, 0.05) is 31.4 Å². The number of hydrogen-bond acceptors (Lipinski definition) is 5. The van der Waals surface area contributed by atoms with Gasteiger partial charge < -0.3 is 25.6 Å². The van der Waals surface area contributed by atoms with Crippen molar-refractivity contribution in [2.24, 2.45) is 5.73 Å². The second-order valence-electron chi connectivity index (χ2n) is 7.44. The van der Waals surface area contributed by atoms with E-state index in [2.05, 4.69) is 5.32 Å². The summed E-state index contributed by atoms with van der Waals surface area (Å²) in [6.45, 7) is 0.344. The van der Waals surface area contributed by atoms with Gasteiger partial charge in [-0.2, -0.15) is 0 Å². The van der Waals surface area contributed by atoms with E-state index in [1.807, 2.05) is 0 Å². The number of rotatable bonds is 5. The van der Waals surface area contributed by atoms with E-state index in [-0.39, 0.29) is 60.1 Å². The monoisotopic (exact) mass is 442 g/mol. The molecule has 1 amide bonds. The maximum Gasteiger partial charge on any atom is 0.341 e. The molecule has 4 rings (SSSR count). The number of halogens is 3. The molecule has 11 heteroatoms. The minimum atomic E-state index is -1.44. The lowest BCUT2D eigenvalue weighted by Crippen LogP contribution is -2.40. The summed E-state index contributed by atoms with van der Waals surface area (Å²) < 4.78 is 31.8. The van der Waals surface area contributed by atoms with Gasteiger partial charge in [0.15, 0.2) is 5.82 Å². The van der Waals surface area contributed by atoms with Crippen LogP contribution in [-0.4, -0.2) is 47.2 Å². The minimum Gasteiger partial charge on any atom is -0.477 e. The largest absolute Gasteiger partial charge is 0.477 e. The molecule has 1 aromatic carbocycles. The van der Waals surface area contributed by atoms with E-state index in [1.54, 1.807) is 0 Å². The van der Waals surface area contributed by atoms with Crippen molar-refractivity contribution in [2.45, 2.75) is 31.3 Å². The zero-order valence-corrected chi connectivity index (χ0v) is 16.7. The lowest BCUT2D eigenvalue weighted by atomic mass is 10.1. The first-order valence-corrected chi connectivity index (χ1v) is 9.36. The van der Waals surface area contributed by atoms with E-state index < -0.39 is 28.6 Å². The molecule has 1 atom stereocenters. The molecule has 1 unspecified atom stereocenters. The summed E-state index contributed by atoms with van der Waals surface area (Å²) in [4.78, 5) is 36.9. The molecule has 2 heterocycles. The standard InChI is InChI=1S/C19H20F2N4O4.ClH/c20-13-5-11-16(25(10-1-2-10)8-12(18(11)27)19(28)29)15(21)17(13)24-4-3-9(7-24)23-14(26)6-22;/h5,8-10H,1-4,6-7,22H2,(H,23,26)(H,28,29);1H. The molecular formula is C19H21ClF2N4O4. The first-order valence-electron chi connectivity index (χ1n) is 9.36. The summed E-state index contributed by atoms with van der Waals surface area (Å²) in [5.74, 6) is -3.62. The number of carbonyl (C=O) groups is 2. The Morgan fingerprint density at radius 1 is 1.27 bits per heavy atom. The summed E-state index contributed by atoms with van der Waals surface area (Å²) >= 11 is 0. The Kier molecular flexibility index (Phi) is 6.00. The van der Waals surface area contributed by atoms with Crippen LogP contribution in [0.2, 0.25) is 0 Å². The Morgan fingerprint density at radius 2 is 1.97 bits per heavy atom. The Bertz CT molecular complexity index is 1090. The number of nitrogens with zero attached hydrogens (tertiary/aromatic N) is 2. The highest BCUT2D eigenvalue weighted by Crippen LogP contribution is 2.40. The number of carboxylic acids is 1. The highest BCUT2D eigenvalue weighted by atomic mass is 35.5. The molecule has 30 heavy (non-hydrogen) atoms. The molecule has 1 aromatic heterocycles. The molecular weight excluding hydrogens is 422 g/mol. The number of fused-ring (bicyclic) bond motifs is 1. The molecule has 1 aliphatic heterocycles. The van der Waals surface area contributed by atoms with Crippen LogP contribution in [0.25, 0.3) is 10.9 Å². The van der Waals surface area contributed by atoms with Crippen LogP contribution in [0.1, 0.15) is 35.7 Å². The van der Waals surface area contributed by atoms with Gasteiger partial charge in [-0.25, -0.2) is 13.6 Å². The van der Waals surface area contributed by atoms with Crippen molar-refractivity contribution in [3.8, 4) is 0 Å². The molecule has 2 fully saturated rings. The van der Waals surface area contributed by atoms with E-state index in [9.17, 15) is 23.9 Å². The van der Waals surface area contributed by atoms with E-state index in [0.29, 0.717) is 13.0 Å². The average Bonchev–Trinajstić information content (AvgIpc) is 3.42. The molecule has 0 spiro atoms. The maximum atomic E-state index is 15.5. The molecule has 162 valence electrons. The maximum absolute atomic E-state index is 15.5. The number of nitrogens with one attached hydrogen (secondary N) is 1. The summed E-state index contributed by atoms with van der Waals surface area (Å²) in [6, 6.07) is 0.493. The summed E-state index contributed by atoms with van der Waals surface area (Å²) in [5, 5.41) is 11.7. The highest BCUT2D eigenvalue weighted by molar-refractivity contribution is 5.94. The fourth-order valence-electron chi connectivity index (χ4n) is 3.88. The fourth-order valence-corrected chi connectivity index (χ4v) is 3.88. The van der Waals surface area contributed by atoms with E-state index >= 15 is 4.39 Å². The van der Waals surface area contributed by atoms with Gasteiger partial charge in [-0.15, -0.1) is 12.4 Å². The third-order valence-corrected chi connectivity index (χ3v) is 5.41. The highest BCUT2D eigenvalue weighted by Gasteiger charge is 2.33. The quantitative estimate of drug-likeness (QED) is 0.644. The van der Waals surface area contributed by atoms with E-state index in [1.165, 1.54) is 9.47 Å². The van der Waals surface area contributed by atoms with Crippen LogP contribution < -0.4 is 21.4 Å². The predicted octanol–water partition coefficient (Wildman–Crippen LogP) is 1.39. The van der Waals surface area contributed by atoms with Crippen LogP contribution >= 0.6 is 12.4 Å². The Morgan fingerprint density at radius 3 is 2.57 bits per heavy atom. The zero-order chi connectivity index (χ0) is 20.9. The van der Waals surface area contributed by atoms with Crippen molar-refractivity contribution in [1.82, 2.24) is 9.88 Å². The molecule has 2 aromatic rings. The number of pyridine rings is 1. The van der Waals surface area contributed by atoms with Gasteiger partial charge in [-0.05, 0) is 25.3 Å². The van der Waals surface area contributed by atoms with Gasteiger partial charge in [-0.1, -0.05) is 0 Å².